The summed E-state index contributed by atoms with van der Waals surface area (Å²) in [4.78, 5) is 29.7. The summed E-state index contributed by atoms with van der Waals surface area (Å²) in [5.41, 5.74) is 2.53. The largest absolute Gasteiger partial charge is 0.508 e. The smallest absolute Gasteiger partial charge is 0.419 e. The van der Waals surface area contributed by atoms with Crippen LogP contribution in [0.4, 0.5) is 18.9 Å². The van der Waals surface area contributed by atoms with Gasteiger partial charge in [0.15, 0.2) is 0 Å². The molecule has 2 saturated heterocycles. The first-order valence-corrected chi connectivity index (χ1v) is 15.8. The number of nitrogens with one attached hydrogen (secondary N) is 1. The van der Waals surface area contributed by atoms with Gasteiger partial charge in [0.25, 0.3) is 0 Å². The van der Waals surface area contributed by atoms with Gasteiger partial charge < -0.3 is 15.3 Å². The minimum Gasteiger partial charge on any atom is -0.508 e. The van der Waals surface area contributed by atoms with Crippen molar-refractivity contribution in [3.05, 3.63) is 67.9 Å². The summed E-state index contributed by atoms with van der Waals surface area (Å²) in [5, 5.41) is 13.5. The fourth-order valence-corrected chi connectivity index (χ4v) is 8.49. The van der Waals surface area contributed by atoms with E-state index in [2.05, 4.69) is 15.3 Å². The Labute approximate surface area is 258 Å². The third-order valence-corrected chi connectivity index (χ3v) is 10.3. The Morgan fingerprint density at radius 1 is 1.09 bits per heavy atom. The monoisotopic (exact) mass is 628 g/mol. The number of aromatic nitrogens is 4. The molecule has 3 aromatic rings. The zero-order chi connectivity index (χ0) is 31.2. The number of phenolic OH excluding ortho intramolecular Hbond substituents is 1. The maximum atomic E-state index is 14.3. The number of hydrogen-bond acceptors (Lipinski definition) is 7. The van der Waals surface area contributed by atoms with Crippen molar-refractivity contribution in [3.63, 3.8) is 0 Å². The lowest BCUT2D eigenvalue weighted by atomic mass is 9.95. The van der Waals surface area contributed by atoms with Crippen molar-refractivity contribution in [2.45, 2.75) is 95.9 Å². The molecule has 0 radical (unpaired) electrons. The van der Waals surface area contributed by atoms with Crippen LogP contribution in [0, 0.1) is 11.8 Å². The molecule has 4 unspecified atom stereocenters. The number of piperidine rings is 1. The van der Waals surface area contributed by atoms with Crippen LogP contribution in [0.3, 0.4) is 0 Å². The summed E-state index contributed by atoms with van der Waals surface area (Å²) in [6.45, 7) is 8.20. The SMILES string of the molecule is CC(C)c1ncnc(C(C)C)c1-n1c2c(c(C3C4CC5CCC(N5)[C@H]43)nc1=O)CCN(c1cc(O)cc(Cl)c1C(F)(F)F)C2. The molecule has 7 rings (SSSR count). The Bertz CT molecular complexity index is 1680. The van der Waals surface area contributed by atoms with E-state index < -0.39 is 22.5 Å². The lowest BCUT2D eigenvalue weighted by Crippen LogP contribution is -2.40. The van der Waals surface area contributed by atoms with Crippen molar-refractivity contribution in [2.75, 3.05) is 11.4 Å². The van der Waals surface area contributed by atoms with Crippen LogP contribution >= 0.6 is 11.6 Å². The van der Waals surface area contributed by atoms with Gasteiger partial charge >= 0.3 is 11.9 Å². The van der Waals surface area contributed by atoms with Crippen LogP contribution in [0.1, 0.15) is 98.6 Å². The van der Waals surface area contributed by atoms with Crippen LogP contribution in [-0.4, -0.2) is 43.3 Å². The van der Waals surface area contributed by atoms with Crippen molar-refractivity contribution in [1.82, 2.24) is 24.8 Å². The van der Waals surface area contributed by atoms with Gasteiger partial charge in [-0.15, -0.1) is 0 Å². The first-order chi connectivity index (χ1) is 20.8. The second-order valence-corrected chi connectivity index (χ2v) is 13.8. The van der Waals surface area contributed by atoms with E-state index >= 15 is 0 Å². The Morgan fingerprint density at radius 2 is 1.80 bits per heavy atom. The first-order valence-electron chi connectivity index (χ1n) is 15.5. The molecule has 3 aliphatic heterocycles. The van der Waals surface area contributed by atoms with Gasteiger partial charge in [-0.1, -0.05) is 39.3 Å². The third kappa shape index (κ3) is 4.69. The number of phenols is 1. The van der Waals surface area contributed by atoms with Gasteiger partial charge in [0, 0.05) is 30.6 Å². The summed E-state index contributed by atoms with van der Waals surface area (Å²) in [6, 6.07) is 2.92. The van der Waals surface area contributed by atoms with Gasteiger partial charge in [0.1, 0.15) is 12.1 Å². The van der Waals surface area contributed by atoms with Gasteiger partial charge in [-0.05, 0) is 61.0 Å². The van der Waals surface area contributed by atoms with Crippen molar-refractivity contribution in [1.29, 1.82) is 0 Å². The second-order valence-electron chi connectivity index (χ2n) is 13.4. The molecule has 0 spiro atoms. The first kappa shape index (κ1) is 29.5. The van der Waals surface area contributed by atoms with Crippen LogP contribution in [0.25, 0.3) is 5.69 Å². The number of alkyl halides is 3. The molecule has 2 N–H and O–H groups in total. The molecule has 5 atom stereocenters. The summed E-state index contributed by atoms with van der Waals surface area (Å²) >= 11 is 6.08. The second kappa shape index (κ2) is 10.4. The highest BCUT2D eigenvalue weighted by molar-refractivity contribution is 6.32. The lowest BCUT2D eigenvalue weighted by Gasteiger charge is -2.35. The molecular weight excluding hydrogens is 593 g/mol. The minimum atomic E-state index is -4.75. The van der Waals surface area contributed by atoms with Crippen molar-refractivity contribution in [2.24, 2.45) is 11.8 Å². The van der Waals surface area contributed by atoms with E-state index in [1.807, 2.05) is 27.7 Å². The molecule has 4 aliphatic rings. The zero-order valence-electron chi connectivity index (χ0n) is 25.1. The average Bonchev–Trinajstić information content (AvgIpc) is 3.54. The van der Waals surface area contributed by atoms with Gasteiger partial charge in [-0.2, -0.15) is 18.2 Å². The maximum absolute atomic E-state index is 14.3. The van der Waals surface area contributed by atoms with Gasteiger partial charge in [0.2, 0.25) is 0 Å². The van der Waals surface area contributed by atoms with Gasteiger partial charge in [0.05, 0.1) is 51.3 Å². The lowest BCUT2D eigenvalue weighted by molar-refractivity contribution is -0.137. The Balaban J connectivity index is 1.44. The number of rotatable bonds is 5. The average molecular weight is 629 g/mol. The van der Waals surface area contributed by atoms with E-state index in [1.54, 1.807) is 9.47 Å². The third-order valence-electron chi connectivity index (χ3n) is 10.0. The van der Waals surface area contributed by atoms with Crippen LogP contribution in [0.15, 0.2) is 23.3 Å². The number of fused-ring (bicyclic) bond motifs is 5. The molecule has 0 amide bonds. The molecule has 2 aromatic heterocycles. The van der Waals surface area contributed by atoms with Crippen molar-refractivity contribution >= 4 is 17.3 Å². The van der Waals surface area contributed by atoms with E-state index in [-0.39, 0.29) is 42.3 Å². The molecule has 8 nitrogen and oxygen atoms in total. The summed E-state index contributed by atoms with van der Waals surface area (Å²) in [6.07, 6.45) is 0.482. The van der Waals surface area contributed by atoms with E-state index in [4.69, 9.17) is 16.6 Å². The molecule has 2 bridgehead atoms. The normalized spacial score (nSPS) is 25.9. The molecule has 3 fully saturated rings. The molecule has 1 aromatic carbocycles. The summed E-state index contributed by atoms with van der Waals surface area (Å²) in [5.74, 6) is 0.559. The number of benzene rings is 1. The van der Waals surface area contributed by atoms with E-state index in [9.17, 15) is 23.1 Å². The van der Waals surface area contributed by atoms with Gasteiger partial charge in [-0.3, -0.25) is 4.57 Å². The van der Waals surface area contributed by atoms with Crippen LogP contribution < -0.4 is 15.9 Å². The molecule has 1 saturated carbocycles. The number of hydrogen-bond donors (Lipinski definition) is 2. The number of anilines is 1. The van der Waals surface area contributed by atoms with E-state index in [1.165, 1.54) is 12.7 Å². The predicted molar refractivity (Wildman–Crippen MR) is 161 cm³/mol. The van der Waals surface area contributed by atoms with Crippen LogP contribution in [0.5, 0.6) is 5.75 Å². The summed E-state index contributed by atoms with van der Waals surface area (Å²) in [7, 11) is 0. The quantitative estimate of drug-likeness (QED) is 0.354. The molecular formula is C32H36ClF3N6O2. The molecule has 1 aliphatic carbocycles. The Hall–Kier alpha value is -3.18. The molecule has 5 heterocycles. The molecule has 44 heavy (non-hydrogen) atoms. The fraction of sp³-hybridized carbons (Fsp3) is 0.562. The number of halogens is 4. The molecule has 12 heteroatoms. The Kier molecular flexibility index (Phi) is 7.00. The van der Waals surface area contributed by atoms with Crippen molar-refractivity contribution < 1.29 is 18.3 Å². The van der Waals surface area contributed by atoms with E-state index in [0.29, 0.717) is 53.1 Å². The zero-order valence-corrected chi connectivity index (χ0v) is 25.9. The topological polar surface area (TPSA) is 96.2 Å². The maximum Gasteiger partial charge on any atom is 0.419 e. The van der Waals surface area contributed by atoms with Crippen LogP contribution in [-0.2, 0) is 19.1 Å². The number of aromatic hydroxyl groups is 1. The van der Waals surface area contributed by atoms with E-state index in [0.717, 1.165) is 36.2 Å². The Morgan fingerprint density at radius 3 is 2.45 bits per heavy atom. The standard InChI is InChI=1S/C32H36ClF3N6O2/c1-14(2)27-30(28(15(3)4)38-13-37-27)42-23-12-41(22-11-17(43)10-20(33)26(22)32(34,35)36)8-7-18(23)29(40-31(42)44)25-19-9-16-5-6-21(39-16)24(19)25/h10-11,13-16,19,21,24-25,39,43H,5-9,12H2,1-4H3/t16?,19?,21?,24-,25?/m0/s1. The molecule has 234 valence electrons. The minimum absolute atomic E-state index is 0.000717. The summed E-state index contributed by atoms with van der Waals surface area (Å²) < 4.78 is 44.5. The highest BCUT2D eigenvalue weighted by atomic mass is 35.5. The highest BCUT2D eigenvalue weighted by Crippen LogP contribution is 2.63. The van der Waals surface area contributed by atoms with Crippen LogP contribution in [0.2, 0.25) is 5.02 Å². The number of nitrogens with zero attached hydrogens (tertiary/aromatic N) is 5. The van der Waals surface area contributed by atoms with Gasteiger partial charge in [-0.25, -0.2) is 14.8 Å². The predicted octanol–water partition coefficient (Wildman–Crippen LogP) is 6.06. The highest BCUT2D eigenvalue weighted by Gasteiger charge is 2.61. The fourth-order valence-electron chi connectivity index (χ4n) is 8.17. The van der Waals surface area contributed by atoms with Crippen molar-refractivity contribution in [3.8, 4) is 11.4 Å².